The molecule has 0 radical (unpaired) electrons. The monoisotopic (exact) mass is 296 g/mol. The van der Waals surface area contributed by atoms with E-state index in [4.69, 9.17) is 5.11 Å². The maximum absolute atomic E-state index is 12.4. The van der Waals surface area contributed by atoms with E-state index in [9.17, 15) is 4.79 Å². The second-order valence-electron chi connectivity index (χ2n) is 5.65. The highest BCUT2D eigenvalue weighted by Gasteiger charge is 2.22. The summed E-state index contributed by atoms with van der Waals surface area (Å²) in [7, 11) is 0. The molecule has 1 aliphatic heterocycles. The Labute approximate surface area is 125 Å². The molecule has 0 unspecified atom stereocenters. The van der Waals surface area contributed by atoms with Gasteiger partial charge in [-0.05, 0) is 41.1 Å². The molecule has 0 spiro atoms. The number of carbonyl (C=O) groups excluding carboxylic acids is 1. The Balaban J connectivity index is 1.88. The number of piperidine rings is 1. The maximum atomic E-state index is 12.4. The first-order chi connectivity index (χ1) is 9.69. The lowest BCUT2D eigenvalue weighted by Gasteiger charge is -2.32. The number of aliphatic hydroxyl groups is 1. The van der Waals surface area contributed by atoms with Crippen LogP contribution >= 0.6 is 11.3 Å². The van der Waals surface area contributed by atoms with Gasteiger partial charge < -0.3 is 10.0 Å². The van der Waals surface area contributed by atoms with E-state index < -0.39 is 0 Å². The van der Waals surface area contributed by atoms with Gasteiger partial charge in [-0.15, -0.1) is 0 Å². The predicted molar refractivity (Wildman–Crippen MR) is 81.7 cm³/mol. The van der Waals surface area contributed by atoms with E-state index >= 15 is 0 Å². The van der Waals surface area contributed by atoms with Gasteiger partial charge in [0.25, 0.3) is 0 Å². The molecule has 1 fully saturated rings. The number of likely N-dealkylation sites (tertiary alicyclic amines) is 1. The molecule has 112 valence electrons. The van der Waals surface area contributed by atoms with Gasteiger partial charge in [0.05, 0.1) is 13.2 Å². The lowest BCUT2D eigenvalue weighted by molar-refractivity contribution is -0.134. The number of hydrogen-bond acceptors (Lipinski definition) is 4. The second-order valence-corrected chi connectivity index (χ2v) is 6.43. The summed E-state index contributed by atoms with van der Waals surface area (Å²) in [6, 6.07) is 2.07. The van der Waals surface area contributed by atoms with Gasteiger partial charge in [0, 0.05) is 26.2 Å². The average molecular weight is 296 g/mol. The summed E-state index contributed by atoms with van der Waals surface area (Å²) in [6.07, 6.45) is 2.33. The van der Waals surface area contributed by atoms with Crippen LogP contribution in [0.1, 0.15) is 25.3 Å². The number of thiophene rings is 1. The molecule has 1 saturated heterocycles. The third-order valence-corrected chi connectivity index (χ3v) is 4.50. The van der Waals surface area contributed by atoms with Crippen LogP contribution in [0.25, 0.3) is 0 Å². The highest BCUT2D eigenvalue weighted by Crippen LogP contribution is 2.16. The molecule has 1 N–H and O–H groups in total. The van der Waals surface area contributed by atoms with Crippen molar-refractivity contribution in [2.45, 2.75) is 26.3 Å². The van der Waals surface area contributed by atoms with Crippen LogP contribution in [-0.2, 0) is 11.3 Å². The van der Waals surface area contributed by atoms with E-state index in [0.29, 0.717) is 19.0 Å². The number of amides is 1. The van der Waals surface area contributed by atoms with Crippen LogP contribution in [0.5, 0.6) is 0 Å². The Morgan fingerprint density at radius 1 is 1.60 bits per heavy atom. The summed E-state index contributed by atoms with van der Waals surface area (Å²) < 4.78 is 0. The molecular formula is C15H24N2O2S. The first-order valence-electron chi connectivity index (χ1n) is 7.31. The molecule has 1 aromatic rings. The number of hydrogen-bond donors (Lipinski definition) is 1. The van der Waals surface area contributed by atoms with Crippen LogP contribution in [0.15, 0.2) is 16.8 Å². The molecule has 0 aromatic carbocycles. The Morgan fingerprint density at radius 2 is 2.45 bits per heavy atom. The molecule has 1 amide bonds. The third-order valence-electron chi connectivity index (χ3n) is 3.77. The van der Waals surface area contributed by atoms with Crippen molar-refractivity contribution in [2.24, 2.45) is 5.92 Å². The van der Waals surface area contributed by atoms with Crippen LogP contribution in [0.2, 0.25) is 0 Å². The molecule has 5 heteroatoms. The molecule has 0 saturated carbocycles. The summed E-state index contributed by atoms with van der Waals surface area (Å²) in [4.78, 5) is 16.4. The minimum atomic E-state index is 0.0911. The highest BCUT2D eigenvalue weighted by molar-refractivity contribution is 7.07. The lowest BCUT2D eigenvalue weighted by atomic mass is 10.0. The van der Waals surface area contributed by atoms with Crippen LogP contribution in [0.3, 0.4) is 0 Å². The third kappa shape index (κ3) is 4.58. The van der Waals surface area contributed by atoms with Gasteiger partial charge in [-0.2, -0.15) is 11.3 Å². The van der Waals surface area contributed by atoms with Crippen molar-refractivity contribution >= 4 is 17.2 Å². The van der Waals surface area contributed by atoms with Crippen molar-refractivity contribution in [3.05, 3.63) is 22.4 Å². The van der Waals surface area contributed by atoms with Crippen molar-refractivity contribution < 1.29 is 9.90 Å². The number of rotatable bonds is 6. The molecule has 2 heterocycles. The Morgan fingerprint density at radius 3 is 3.10 bits per heavy atom. The van der Waals surface area contributed by atoms with Crippen molar-refractivity contribution in [1.82, 2.24) is 9.80 Å². The van der Waals surface area contributed by atoms with E-state index in [1.807, 2.05) is 15.2 Å². The van der Waals surface area contributed by atoms with E-state index in [1.54, 1.807) is 11.3 Å². The predicted octanol–water partition coefficient (Wildman–Crippen LogP) is 1.80. The zero-order valence-corrected chi connectivity index (χ0v) is 12.9. The van der Waals surface area contributed by atoms with Gasteiger partial charge in [-0.1, -0.05) is 6.92 Å². The van der Waals surface area contributed by atoms with Gasteiger partial charge >= 0.3 is 0 Å². The molecule has 0 aliphatic carbocycles. The van der Waals surface area contributed by atoms with E-state index in [0.717, 1.165) is 26.1 Å². The molecule has 4 nitrogen and oxygen atoms in total. The van der Waals surface area contributed by atoms with Crippen molar-refractivity contribution in [2.75, 3.05) is 32.8 Å². The quantitative estimate of drug-likeness (QED) is 0.870. The minimum Gasteiger partial charge on any atom is -0.395 e. The number of aliphatic hydroxyl groups excluding tert-OH is 1. The van der Waals surface area contributed by atoms with Crippen molar-refractivity contribution in [3.63, 3.8) is 0 Å². The van der Waals surface area contributed by atoms with E-state index in [1.165, 1.54) is 12.0 Å². The zero-order chi connectivity index (χ0) is 14.4. The molecular weight excluding hydrogens is 272 g/mol. The number of carbonyl (C=O) groups is 1. The van der Waals surface area contributed by atoms with E-state index in [2.05, 4.69) is 18.4 Å². The van der Waals surface area contributed by atoms with Crippen molar-refractivity contribution in [1.29, 1.82) is 0 Å². The fourth-order valence-electron chi connectivity index (χ4n) is 2.70. The van der Waals surface area contributed by atoms with Crippen LogP contribution in [0, 0.1) is 5.92 Å². The molecule has 1 aromatic heterocycles. The SMILES string of the molecule is C[C@@H]1CCCN(C(=O)CN(CCO)Cc2ccsc2)C1. The maximum Gasteiger partial charge on any atom is 0.236 e. The summed E-state index contributed by atoms with van der Waals surface area (Å²) >= 11 is 1.66. The molecule has 0 bridgehead atoms. The van der Waals surface area contributed by atoms with Gasteiger partial charge in [0.15, 0.2) is 0 Å². The fraction of sp³-hybridized carbons (Fsp3) is 0.667. The second kappa shape index (κ2) is 7.76. The Kier molecular flexibility index (Phi) is 6.01. The summed E-state index contributed by atoms with van der Waals surface area (Å²) in [6.45, 7) is 5.75. The van der Waals surface area contributed by atoms with Gasteiger partial charge in [-0.25, -0.2) is 0 Å². The molecule has 1 atom stereocenters. The van der Waals surface area contributed by atoms with Crippen LogP contribution in [0.4, 0.5) is 0 Å². The summed E-state index contributed by atoms with van der Waals surface area (Å²) in [5.74, 6) is 0.802. The highest BCUT2D eigenvalue weighted by atomic mass is 32.1. The Bertz CT molecular complexity index is 408. The molecule has 1 aliphatic rings. The summed E-state index contributed by atoms with van der Waals surface area (Å²) in [5, 5.41) is 13.3. The number of nitrogens with zero attached hydrogens (tertiary/aromatic N) is 2. The van der Waals surface area contributed by atoms with E-state index in [-0.39, 0.29) is 12.5 Å². The zero-order valence-electron chi connectivity index (χ0n) is 12.1. The lowest BCUT2D eigenvalue weighted by Crippen LogP contribution is -2.45. The first-order valence-corrected chi connectivity index (χ1v) is 8.25. The smallest absolute Gasteiger partial charge is 0.236 e. The van der Waals surface area contributed by atoms with Crippen LogP contribution < -0.4 is 0 Å². The van der Waals surface area contributed by atoms with Crippen molar-refractivity contribution in [3.8, 4) is 0 Å². The topological polar surface area (TPSA) is 43.8 Å². The molecule has 2 rings (SSSR count). The van der Waals surface area contributed by atoms with Gasteiger partial charge in [0.2, 0.25) is 5.91 Å². The van der Waals surface area contributed by atoms with Gasteiger partial charge in [0.1, 0.15) is 0 Å². The average Bonchev–Trinajstić information content (AvgIpc) is 2.92. The molecule has 20 heavy (non-hydrogen) atoms. The first kappa shape index (κ1) is 15.5. The van der Waals surface area contributed by atoms with Crippen LogP contribution in [-0.4, -0.2) is 53.6 Å². The standard InChI is InChI=1S/C15H24N2O2S/c1-13-3-2-5-17(9-13)15(19)11-16(6-7-18)10-14-4-8-20-12-14/h4,8,12-13,18H,2-3,5-7,9-11H2,1H3/t13-/m1/s1. The summed E-state index contributed by atoms with van der Waals surface area (Å²) in [5.41, 5.74) is 1.21. The minimum absolute atomic E-state index is 0.0911. The van der Waals surface area contributed by atoms with Gasteiger partial charge in [-0.3, -0.25) is 9.69 Å². The normalized spacial score (nSPS) is 19.6. The fourth-order valence-corrected chi connectivity index (χ4v) is 3.36. The Hall–Kier alpha value is -0.910. The largest absolute Gasteiger partial charge is 0.395 e.